The molecule has 0 saturated carbocycles. The van der Waals surface area contributed by atoms with Gasteiger partial charge in [0.15, 0.2) is 0 Å². The number of hydrogen-bond acceptors (Lipinski definition) is 2. The second kappa shape index (κ2) is 7.84. The van der Waals surface area contributed by atoms with E-state index in [1.807, 2.05) is 0 Å². The van der Waals surface area contributed by atoms with Gasteiger partial charge in [0, 0.05) is 6.54 Å². The van der Waals surface area contributed by atoms with E-state index in [0.717, 1.165) is 25.3 Å². The van der Waals surface area contributed by atoms with Crippen molar-refractivity contribution in [3.63, 3.8) is 0 Å². The molecule has 2 rings (SSSR count). The van der Waals surface area contributed by atoms with Gasteiger partial charge in [0.1, 0.15) is 12.4 Å². The van der Waals surface area contributed by atoms with Crippen LogP contribution in [0.4, 0.5) is 0 Å². The molecular formula is C19H31NO. The van der Waals surface area contributed by atoms with Crippen molar-refractivity contribution < 1.29 is 4.74 Å². The van der Waals surface area contributed by atoms with Crippen LogP contribution in [0.2, 0.25) is 0 Å². The molecule has 1 aromatic rings. The first-order valence-corrected chi connectivity index (χ1v) is 8.47. The molecule has 1 heterocycles. The van der Waals surface area contributed by atoms with E-state index in [4.69, 9.17) is 4.74 Å². The minimum atomic E-state index is 0.342. The molecule has 118 valence electrons. The van der Waals surface area contributed by atoms with Crippen LogP contribution in [0.15, 0.2) is 24.3 Å². The van der Waals surface area contributed by atoms with E-state index in [2.05, 4.69) is 49.9 Å². The predicted octanol–water partition coefficient (Wildman–Crippen LogP) is 4.53. The molecule has 0 spiro atoms. The Hall–Kier alpha value is -1.02. The SMILES string of the molecule is CC(C)(C)Cc1ccc(OCCN2CCCCCC2)cc1. The Kier molecular flexibility index (Phi) is 6.10. The van der Waals surface area contributed by atoms with Crippen molar-refractivity contribution in [2.45, 2.75) is 52.9 Å². The van der Waals surface area contributed by atoms with Crippen LogP contribution >= 0.6 is 0 Å². The van der Waals surface area contributed by atoms with Gasteiger partial charge in [-0.15, -0.1) is 0 Å². The van der Waals surface area contributed by atoms with Gasteiger partial charge in [-0.1, -0.05) is 45.7 Å². The molecule has 1 aromatic carbocycles. The zero-order valence-electron chi connectivity index (χ0n) is 14.0. The third-order valence-corrected chi connectivity index (χ3v) is 4.03. The van der Waals surface area contributed by atoms with Gasteiger partial charge in [-0.05, 0) is 55.5 Å². The van der Waals surface area contributed by atoms with Crippen LogP contribution in [0.1, 0.15) is 52.0 Å². The predicted molar refractivity (Wildman–Crippen MR) is 90.0 cm³/mol. The van der Waals surface area contributed by atoms with Crippen molar-refractivity contribution in [1.82, 2.24) is 4.90 Å². The number of benzene rings is 1. The summed E-state index contributed by atoms with van der Waals surface area (Å²) in [5.74, 6) is 1.00. The standard InChI is InChI=1S/C19H31NO/c1-19(2,3)16-17-8-10-18(11-9-17)21-15-14-20-12-6-4-5-7-13-20/h8-11H,4-7,12-16H2,1-3H3. The number of hydrogen-bond donors (Lipinski definition) is 0. The number of ether oxygens (including phenoxy) is 1. The lowest BCUT2D eigenvalue weighted by Gasteiger charge is -2.20. The van der Waals surface area contributed by atoms with Crippen molar-refractivity contribution in [3.8, 4) is 5.75 Å². The smallest absolute Gasteiger partial charge is 0.119 e. The first-order chi connectivity index (χ1) is 10.0. The van der Waals surface area contributed by atoms with Crippen molar-refractivity contribution >= 4 is 0 Å². The van der Waals surface area contributed by atoms with Crippen LogP contribution in [0.5, 0.6) is 5.75 Å². The summed E-state index contributed by atoms with van der Waals surface area (Å²) in [6, 6.07) is 8.63. The molecular weight excluding hydrogens is 258 g/mol. The zero-order valence-corrected chi connectivity index (χ0v) is 14.0. The molecule has 0 amide bonds. The number of likely N-dealkylation sites (tertiary alicyclic amines) is 1. The molecule has 0 aliphatic carbocycles. The third-order valence-electron chi connectivity index (χ3n) is 4.03. The van der Waals surface area contributed by atoms with Crippen LogP contribution < -0.4 is 4.74 Å². The average molecular weight is 289 g/mol. The molecule has 1 saturated heterocycles. The van der Waals surface area contributed by atoms with Gasteiger partial charge in [-0.3, -0.25) is 4.90 Å². The van der Waals surface area contributed by atoms with Gasteiger partial charge in [0.2, 0.25) is 0 Å². The fourth-order valence-corrected chi connectivity index (χ4v) is 2.97. The topological polar surface area (TPSA) is 12.5 Å². The highest BCUT2D eigenvalue weighted by Crippen LogP contribution is 2.22. The lowest BCUT2D eigenvalue weighted by atomic mass is 9.88. The molecule has 0 atom stereocenters. The normalized spacial score (nSPS) is 17.5. The van der Waals surface area contributed by atoms with Crippen LogP contribution in [0.3, 0.4) is 0 Å². The van der Waals surface area contributed by atoms with E-state index in [1.54, 1.807) is 0 Å². The molecule has 21 heavy (non-hydrogen) atoms. The summed E-state index contributed by atoms with van der Waals surface area (Å²) in [4.78, 5) is 2.54. The van der Waals surface area contributed by atoms with Crippen molar-refractivity contribution in [1.29, 1.82) is 0 Å². The largest absolute Gasteiger partial charge is 0.492 e. The van der Waals surface area contributed by atoms with Crippen LogP contribution in [0.25, 0.3) is 0 Å². The minimum absolute atomic E-state index is 0.342. The number of nitrogens with zero attached hydrogens (tertiary/aromatic N) is 1. The molecule has 0 N–H and O–H groups in total. The van der Waals surface area contributed by atoms with E-state index < -0.39 is 0 Å². The van der Waals surface area contributed by atoms with Crippen LogP contribution in [0, 0.1) is 5.41 Å². The van der Waals surface area contributed by atoms with Gasteiger partial charge < -0.3 is 4.74 Å². The monoisotopic (exact) mass is 289 g/mol. The Bertz CT molecular complexity index is 397. The van der Waals surface area contributed by atoms with Gasteiger partial charge in [0.25, 0.3) is 0 Å². The Labute approximate surface area is 130 Å². The first-order valence-electron chi connectivity index (χ1n) is 8.47. The van der Waals surface area contributed by atoms with Crippen molar-refractivity contribution in [2.75, 3.05) is 26.2 Å². The molecule has 0 unspecified atom stereocenters. The molecule has 0 aromatic heterocycles. The highest BCUT2D eigenvalue weighted by molar-refractivity contribution is 5.27. The lowest BCUT2D eigenvalue weighted by Crippen LogP contribution is -2.29. The summed E-state index contributed by atoms with van der Waals surface area (Å²) >= 11 is 0. The fraction of sp³-hybridized carbons (Fsp3) is 0.684. The van der Waals surface area contributed by atoms with Gasteiger partial charge in [-0.2, -0.15) is 0 Å². The second-order valence-corrected chi connectivity index (χ2v) is 7.49. The van der Waals surface area contributed by atoms with Gasteiger partial charge >= 0.3 is 0 Å². The first kappa shape index (κ1) is 16.4. The van der Waals surface area contributed by atoms with Crippen LogP contribution in [-0.4, -0.2) is 31.1 Å². The molecule has 0 radical (unpaired) electrons. The quantitative estimate of drug-likeness (QED) is 0.789. The van der Waals surface area contributed by atoms with Crippen molar-refractivity contribution in [2.24, 2.45) is 5.41 Å². The maximum atomic E-state index is 5.89. The fourth-order valence-electron chi connectivity index (χ4n) is 2.97. The maximum absolute atomic E-state index is 5.89. The Morgan fingerprint density at radius 1 is 0.952 bits per heavy atom. The van der Waals surface area contributed by atoms with E-state index >= 15 is 0 Å². The third kappa shape index (κ3) is 6.52. The molecule has 1 aliphatic heterocycles. The summed E-state index contributed by atoms with van der Waals surface area (Å²) in [5, 5.41) is 0. The molecule has 2 heteroatoms. The highest BCUT2D eigenvalue weighted by atomic mass is 16.5. The lowest BCUT2D eigenvalue weighted by molar-refractivity contribution is 0.214. The van der Waals surface area contributed by atoms with E-state index in [1.165, 1.54) is 44.3 Å². The van der Waals surface area contributed by atoms with Gasteiger partial charge in [0.05, 0.1) is 0 Å². The maximum Gasteiger partial charge on any atom is 0.119 e. The second-order valence-electron chi connectivity index (χ2n) is 7.49. The molecule has 1 fully saturated rings. The van der Waals surface area contributed by atoms with E-state index in [9.17, 15) is 0 Å². The Morgan fingerprint density at radius 2 is 1.57 bits per heavy atom. The highest BCUT2D eigenvalue weighted by Gasteiger charge is 2.11. The minimum Gasteiger partial charge on any atom is -0.492 e. The zero-order chi connectivity index (χ0) is 15.1. The summed E-state index contributed by atoms with van der Waals surface area (Å²) in [6.45, 7) is 11.2. The summed E-state index contributed by atoms with van der Waals surface area (Å²) < 4.78 is 5.89. The summed E-state index contributed by atoms with van der Waals surface area (Å²) in [5.41, 5.74) is 1.73. The van der Waals surface area contributed by atoms with E-state index in [-0.39, 0.29) is 0 Å². The number of rotatable bonds is 5. The molecule has 1 aliphatic rings. The Morgan fingerprint density at radius 3 is 2.14 bits per heavy atom. The van der Waals surface area contributed by atoms with E-state index in [0.29, 0.717) is 5.41 Å². The van der Waals surface area contributed by atoms with Crippen molar-refractivity contribution in [3.05, 3.63) is 29.8 Å². The Balaban J connectivity index is 1.73. The average Bonchev–Trinajstić information content (AvgIpc) is 2.68. The molecule has 0 bridgehead atoms. The van der Waals surface area contributed by atoms with Crippen LogP contribution in [-0.2, 0) is 6.42 Å². The summed E-state index contributed by atoms with van der Waals surface area (Å²) in [6.07, 6.45) is 6.60. The van der Waals surface area contributed by atoms with Gasteiger partial charge in [-0.25, -0.2) is 0 Å². The summed E-state index contributed by atoms with van der Waals surface area (Å²) in [7, 11) is 0. The molecule has 2 nitrogen and oxygen atoms in total.